The van der Waals surface area contributed by atoms with Gasteiger partial charge in [-0.2, -0.15) is 0 Å². The fourth-order valence-electron chi connectivity index (χ4n) is 2.22. The van der Waals surface area contributed by atoms with Crippen LogP contribution in [0.25, 0.3) is 11.5 Å². The number of rotatable bonds is 6. The Kier molecular flexibility index (Phi) is 5.90. The number of hydrogen-bond acceptors (Lipinski definition) is 5. The molecule has 0 saturated heterocycles. The maximum Gasteiger partial charge on any atom is 0.277 e. The summed E-state index contributed by atoms with van der Waals surface area (Å²) in [5.74, 6) is -0.0704. The lowest BCUT2D eigenvalue weighted by molar-refractivity contribution is -0.119. The van der Waals surface area contributed by atoms with E-state index in [-0.39, 0.29) is 34.6 Å². The van der Waals surface area contributed by atoms with Crippen molar-refractivity contribution in [2.75, 3.05) is 5.75 Å². The number of aromatic nitrogens is 2. The van der Waals surface area contributed by atoms with Crippen LogP contribution < -0.4 is 5.32 Å². The van der Waals surface area contributed by atoms with Crippen molar-refractivity contribution >= 4 is 29.3 Å². The maximum atomic E-state index is 12.9. The average molecular weight is 392 g/mol. The van der Waals surface area contributed by atoms with Crippen molar-refractivity contribution in [1.82, 2.24) is 15.5 Å². The van der Waals surface area contributed by atoms with Crippen LogP contribution >= 0.6 is 23.4 Å². The smallest absolute Gasteiger partial charge is 0.277 e. The topological polar surface area (TPSA) is 68.0 Å². The van der Waals surface area contributed by atoms with Gasteiger partial charge in [0.05, 0.1) is 11.8 Å². The molecule has 0 saturated carbocycles. The Morgan fingerprint density at radius 2 is 1.88 bits per heavy atom. The van der Waals surface area contributed by atoms with Crippen molar-refractivity contribution in [2.24, 2.45) is 0 Å². The summed E-state index contributed by atoms with van der Waals surface area (Å²) in [6.45, 7) is 1.89. The molecule has 3 aromatic rings. The predicted molar refractivity (Wildman–Crippen MR) is 98.4 cm³/mol. The lowest BCUT2D eigenvalue weighted by atomic mass is 10.1. The summed E-state index contributed by atoms with van der Waals surface area (Å²) in [4.78, 5) is 12.1. The molecule has 0 unspecified atom stereocenters. The van der Waals surface area contributed by atoms with Crippen molar-refractivity contribution in [3.05, 3.63) is 64.9 Å². The zero-order chi connectivity index (χ0) is 18.5. The van der Waals surface area contributed by atoms with Crippen LogP contribution in [0.3, 0.4) is 0 Å². The number of carbonyl (C=O) groups is 1. The zero-order valence-electron chi connectivity index (χ0n) is 13.8. The highest BCUT2D eigenvalue weighted by Crippen LogP contribution is 2.23. The molecule has 5 nitrogen and oxygen atoms in total. The van der Waals surface area contributed by atoms with Gasteiger partial charge in [0, 0.05) is 10.6 Å². The van der Waals surface area contributed by atoms with Gasteiger partial charge in [-0.25, -0.2) is 4.39 Å². The molecule has 2 aromatic carbocycles. The summed E-state index contributed by atoms with van der Waals surface area (Å²) >= 11 is 7.00. The SMILES string of the molecule is C[C@@H](NC(=O)CSc1nnc(-c2ccc(F)cc2)o1)c1ccc(Cl)cc1. The maximum absolute atomic E-state index is 12.9. The Bertz CT molecular complexity index is 884. The molecule has 0 radical (unpaired) electrons. The molecule has 1 atom stereocenters. The molecule has 0 aliphatic carbocycles. The van der Waals surface area contributed by atoms with Crippen molar-refractivity contribution < 1.29 is 13.6 Å². The quantitative estimate of drug-likeness (QED) is 0.626. The lowest BCUT2D eigenvalue weighted by Crippen LogP contribution is -2.28. The summed E-state index contributed by atoms with van der Waals surface area (Å²) in [5.41, 5.74) is 1.58. The first kappa shape index (κ1) is 18.4. The van der Waals surface area contributed by atoms with Gasteiger partial charge in [-0.05, 0) is 48.9 Å². The summed E-state index contributed by atoms with van der Waals surface area (Å²) in [5, 5.41) is 11.6. The molecule has 1 N–H and O–H groups in total. The molecule has 3 rings (SSSR count). The Labute approximate surface area is 159 Å². The second kappa shape index (κ2) is 8.33. The lowest BCUT2D eigenvalue weighted by Gasteiger charge is -2.13. The molecule has 134 valence electrons. The molecular weight excluding hydrogens is 377 g/mol. The number of thioether (sulfide) groups is 1. The second-order valence-electron chi connectivity index (χ2n) is 5.51. The fourth-order valence-corrected chi connectivity index (χ4v) is 2.92. The zero-order valence-corrected chi connectivity index (χ0v) is 15.4. The molecule has 26 heavy (non-hydrogen) atoms. The summed E-state index contributed by atoms with van der Waals surface area (Å²) in [6.07, 6.45) is 0. The summed E-state index contributed by atoms with van der Waals surface area (Å²) < 4.78 is 18.4. The molecule has 0 aliphatic heterocycles. The third kappa shape index (κ3) is 4.83. The first-order chi connectivity index (χ1) is 12.5. The minimum Gasteiger partial charge on any atom is -0.411 e. The van der Waals surface area contributed by atoms with Gasteiger partial charge in [0.15, 0.2) is 0 Å². The van der Waals surface area contributed by atoms with E-state index in [1.165, 1.54) is 12.1 Å². The van der Waals surface area contributed by atoms with Gasteiger partial charge in [0.1, 0.15) is 5.82 Å². The minimum atomic E-state index is -0.339. The predicted octanol–water partition coefficient (Wildman–Crippen LogP) is 4.50. The van der Waals surface area contributed by atoms with E-state index in [2.05, 4.69) is 15.5 Å². The highest BCUT2D eigenvalue weighted by molar-refractivity contribution is 7.99. The van der Waals surface area contributed by atoms with Gasteiger partial charge in [-0.3, -0.25) is 4.79 Å². The fraction of sp³-hybridized carbons (Fsp3) is 0.167. The molecule has 0 aliphatic rings. The highest BCUT2D eigenvalue weighted by Gasteiger charge is 2.13. The molecular formula is C18H15ClFN3O2S. The van der Waals surface area contributed by atoms with E-state index in [9.17, 15) is 9.18 Å². The van der Waals surface area contributed by atoms with Crippen LogP contribution in [0.4, 0.5) is 4.39 Å². The van der Waals surface area contributed by atoms with E-state index in [1.54, 1.807) is 24.3 Å². The van der Waals surface area contributed by atoms with E-state index >= 15 is 0 Å². The molecule has 8 heteroatoms. The first-order valence-electron chi connectivity index (χ1n) is 7.78. The van der Waals surface area contributed by atoms with E-state index in [1.807, 2.05) is 19.1 Å². The Balaban J connectivity index is 1.53. The first-order valence-corrected chi connectivity index (χ1v) is 9.14. The average Bonchev–Trinajstić information content (AvgIpc) is 3.10. The summed E-state index contributed by atoms with van der Waals surface area (Å²) in [7, 11) is 0. The van der Waals surface area contributed by atoms with Crippen LogP contribution in [0, 0.1) is 5.82 Å². The van der Waals surface area contributed by atoms with E-state index in [4.69, 9.17) is 16.0 Å². The molecule has 1 amide bonds. The highest BCUT2D eigenvalue weighted by atomic mass is 35.5. The van der Waals surface area contributed by atoms with Gasteiger partial charge >= 0.3 is 0 Å². The molecule has 1 aromatic heterocycles. The van der Waals surface area contributed by atoms with Crippen molar-refractivity contribution in [2.45, 2.75) is 18.2 Å². The molecule has 1 heterocycles. The summed E-state index contributed by atoms with van der Waals surface area (Å²) in [6, 6.07) is 12.9. The molecule has 0 spiro atoms. The van der Waals surface area contributed by atoms with Crippen LogP contribution in [-0.4, -0.2) is 21.9 Å². The van der Waals surface area contributed by atoms with E-state index in [0.717, 1.165) is 17.3 Å². The van der Waals surface area contributed by atoms with Gasteiger partial charge in [0.25, 0.3) is 5.22 Å². The van der Waals surface area contributed by atoms with Gasteiger partial charge in [-0.1, -0.05) is 35.5 Å². The monoisotopic (exact) mass is 391 g/mol. The number of halogens is 2. The number of carbonyl (C=O) groups excluding carboxylic acids is 1. The van der Waals surface area contributed by atoms with Gasteiger partial charge in [-0.15, -0.1) is 10.2 Å². The Morgan fingerprint density at radius 3 is 2.58 bits per heavy atom. The standard InChI is InChI=1S/C18H15ClFN3O2S/c1-11(12-2-6-14(19)7-3-12)21-16(24)10-26-18-23-22-17(25-18)13-4-8-15(20)9-5-13/h2-9,11H,10H2,1H3,(H,21,24)/t11-/m1/s1. The second-order valence-corrected chi connectivity index (χ2v) is 6.87. The third-order valence-corrected chi connectivity index (χ3v) is 4.64. The number of nitrogens with one attached hydrogen (secondary N) is 1. The van der Waals surface area contributed by atoms with E-state index in [0.29, 0.717) is 10.6 Å². The van der Waals surface area contributed by atoms with Crippen molar-refractivity contribution in [3.63, 3.8) is 0 Å². The Morgan fingerprint density at radius 1 is 1.19 bits per heavy atom. The van der Waals surface area contributed by atoms with Crippen LogP contribution in [0.5, 0.6) is 0 Å². The normalized spacial score (nSPS) is 12.0. The van der Waals surface area contributed by atoms with Crippen LogP contribution in [0.2, 0.25) is 5.02 Å². The number of hydrogen-bond donors (Lipinski definition) is 1. The molecule has 0 bridgehead atoms. The Hall–Kier alpha value is -2.38. The largest absolute Gasteiger partial charge is 0.411 e. The minimum absolute atomic E-state index is 0.141. The van der Waals surface area contributed by atoms with Gasteiger partial charge < -0.3 is 9.73 Å². The van der Waals surface area contributed by atoms with Crippen LogP contribution in [0.1, 0.15) is 18.5 Å². The van der Waals surface area contributed by atoms with Crippen molar-refractivity contribution in [3.8, 4) is 11.5 Å². The number of benzene rings is 2. The van der Waals surface area contributed by atoms with Crippen molar-refractivity contribution in [1.29, 1.82) is 0 Å². The number of amides is 1. The van der Waals surface area contributed by atoms with Crippen LogP contribution in [-0.2, 0) is 4.79 Å². The van der Waals surface area contributed by atoms with Gasteiger partial charge in [0.2, 0.25) is 11.8 Å². The third-order valence-electron chi connectivity index (χ3n) is 3.57. The number of nitrogens with zero attached hydrogens (tertiary/aromatic N) is 2. The van der Waals surface area contributed by atoms with E-state index < -0.39 is 0 Å². The molecule has 0 fully saturated rings. The van der Waals surface area contributed by atoms with Crippen LogP contribution in [0.15, 0.2) is 58.2 Å².